The van der Waals surface area contributed by atoms with E-state index >= 15 is 0 Å². The summed E-state index contributed by atoms with van der Waals surface area (Å²) in [6.45, 7) is 3.05. The van der Waals surface area contributed by atoms with Crippen LogP contribution >= 0.6 is 15.9 Å². The molecule has 6 heteroatoms. The van der Waals surface area contributed by atoms with E-state index in [2.05, 4.69) is 20.7 Å². The molecule has 0 aromatic heterocycles. The second kappa shape index (κ2) is 5.27. The normalized spacial score (nSPS) is 10.1. The Morgan fingerprint density at radius 3 is 2.65 bits per heavy atom. The van der Waals surface area contributed by atoms with Crippen molar-refractivity contribution in [2.24, 2.45) is 0 Å². The molecule has 0 aliphatic carbocycles. The predicted molar refractivity (Wildman–Crippen MR) is 61.5 cm³/mol. The Labute approximate surface area is 106 Å². The fourth-order valence-corrected chi connectivity index (χ4v) is 1.68. The average Bonchev–Trinajstić information content (AvgIpc) is 2.27. The number of hydrogen-bond acceptors (Lipinski definition) is 4. The number of hydrogen-bond donors (Lipinski definition) is 1. The fraction of sp³-hybridized carbons (Fsp3) is 0.273. The van der Waals surface area contributed by atoms with Crippen LogP contribution in [0.5, 0.6) is 5.75 Å². The zero-order valence-electron chi connectivity index (χ0n) is 9.21. The van der Waals surface area contributed by atoms with Gasteiger partial charge in [0.05, 0.1) is 12.2 Å². The third kappa shape index (κ3) is 2.63. The van der Waals surface area contributed by atoms with Crippen LogP contribution in [0.1, 0.15) is 22.8 Å². The molecule has 0 bridgehead atoms. The van der Waals surface area contributed by atoms with E-state index in [1.54, 1.807) is 6.92 Å². The number of aromatic hydroxyl groups is 1. The number of carbonyl (C=O) groups excluding carboxylic acids is 2. The summed E-state index contributed by atoms with van der Waals surface area (Å²) in [5, 5.41) is 9.47. The van der Waals surface area contributed by atoms with Crippen molar-refractivity contribution in [2.45, 2.75) is 13.8 Å². The number of phenols is 1. The molecule has 0 radical (unpaired) electrons. The van der Waals surface area contributed by atoms with Gasteiger partial charge in [0.15, 0.2) is 11.6 Å². The molecule has 0 amide bonds. The third-order valence-electron chi connectivity index (χ3n) is 2.14. The van der Waals surface area contributed by atoms with Gasteiger partial charge >= 0.3 is 5.97 Å². The molecule has 1 rings (SSSR count). The molecule has 1 aromatic carbocycles. The van der Waals surface area contributed by atoms with Gasteiger partial charge in [-0.2, -0.15) is 0 Å². The molecular weight excluding hydrogens is 295 g/mol. The van der Waals surface area contributed by atoms with Gasteiger partial charge in [0.2, 0.25) is 0 Å². The van der Waals surface area contributed by atoms with Crippen molar-refractivity contribution in [3.05, 3.63) is 27.5 Å². The molecule has 0 aliphatic heterocycles. The minimum Gasteiger partial charge on any atom is -0.504 e. The van der Waals surface area contributed by atoms with Crippen LogP contribution in [0.4, 0.5) is 4.39 Å². The lowest BCUT2D eigenvalue weighted by molar-refractivity contribution is -0.137. The number of phenolic OH excluding ortho intramolecular Hbond substituents is 1. The van der Waals surface area contributed by atoms with Gasteiger partial charge < -0.3 is 9.84 Å². The highest BCUT2D eigenvalue weighted by atomic mass is 79.9. The van der Waals surface area contributed by atoms with E-state index in [1.165, 1.54) is 6.92 Å². The minimum atomic E-state index is -1.12. The zero-order chi connectivity index (χ0) is 13.2. The summed E-state index contributed by atoms with van der Waals surface area (Å²) in [4.78, 5) is 22.9. The molecule has 1 N–H and O–H groups in total. The van der Waals surface area contributed by atoms with Gasteiger partial charge in [-0.15, -0.1) is 0 Å². The van der Waals surface area contributed by atoms with E-state index in [4.69, 9.17) is 0 Å². The first-order valence-corrected chi connectivity index (χ1v) is 5.58. The van der Waals surface area contributed by atoms with Crippen LogP contribution in [0.3, 0.4) is 0 Å². The number of ether oxygens (including phenoxy) is 1. The second-order valence-corrected chi connectivity index (χ2v) is 4.09. The van der Waals surface area contributed by atoms with Crippen LogP contribution in [0.25, 0.3) is 0 Å². The Bertz CT molecular complexity index is 459. The van der Waals surface area contributed by atoms with Gasteiger partial charge in [-0.05, 0) is 25.5 Å². The summed E-state index contributed by atoms with van der Waals surface area (Å²) < 4.78 is 18.0. The molecule has 0 spiro atoms. The topological polar surface area (TPSA) is 63.6 Å². The first-order chi connectivity index (χ1) is 7.90. The van der Waals surface area contributed by atoms with Crippen molar-refractivity contribution in [1.29, 1.82) is 0 Å². The van der Waals surface area contributed by atoms with E-state index in [0.29, 0.717) is 4.47 Å². The Kier molecular flexibility index (Phi) is 4.22. The summed E-state index contributed by atoms with van der Waals surface area (Å²) in [6, 6.07) is 1.02. The molecular formula is C11H10BrFO4. The van der Waals surface area contributed by atoms with E-state index in [-0.39, 0.29) is 17.7 Å². The standard InChI is InChI=1S/C11H10BrFO4/c1-3-17-11(16)10(15)8-5(2)6(12)4-7(13)9(8)14/h4,14H,3H2,1-2H3. The smallest absolute Gasteiger partial charge is 0.379 e. The Hall–Kier alpha value is -1.43. The SMILES string of the molecule is CCOC(=O)C(=O)c1c(C)c(Br)cc(F)c1O. The van der Waals surface area contributed by atoms with Crippen LogP contribution in [-0.2, 0) is 9.53 Å². The highest BCUT2D eigenvalue weighted by Crippen LogP contribution is 2.31. The van der Waals surface area contributed by atoms with Crippen LogP contribution < -0.4 is 0 Å². The summed E-state index contributed by atoms with van der Waals surface area (Å²) in [6.07, 6.45) is 0. The minimum absolute atomic E-state index is 0.0286. The summed E-state index contributed by atoms with van der Waals surface area (Å²) in [5.74, 6) is -4.01. The van der Waals surface area contributed by atoms with Crippen LogP contribution in [0, 0.1) is 12.7 Å². The zero-order valence-corrected chi connectivity index (χ0v) is 10.8. The Balaban J connectivity index is 3.31. The number of benzene rings is 1. The number of carbonyl (C=O) groups is 2. The maximum absolute atomic E-state index is 13.2. The van der Waals surface area contributed by atoms with Crippen molar-refractivity contribution < 1.29 is 23.8 Å². The van der Waals surface area contributed by atoms with E-state index in [1.807, 2.05) is 0 Å². The lowest BCUT2D eigenvalue weighted by Crippen LogP contribution is -2.19. The van der Waals surface area contributed by atoms with Crippen molar-refractivity contribution in [3.63, 3.8) is 0 Å². The van der Waals surface area contributed by atoms with E-state index in [0.717, 1.165) is 6.07 Å². The van der Waals surface area contributed by atoms with Gasteiger partial charge in [-0.1, -0.05) is 15.9 Å². The lowest BCUT2D eigenvalue weighted by Gasteiger charge is -2.09. The van der Waals surface area contributed by atoms with Gasteiger partial charge in [0.1, 0.15) is 0 Å². The molecule has 0 unspecified atom stereocenters. The maximum atomic E-state index is 13.2. The quantitative estimate of drug-likeness (QED) is 0.529. The van der Waals surface area contributed by atoms with E-state index in [9.17, 15) is 19.1 Å². The molecule has 0 heterocycles. The molecule has 17 heavy (non-hydrogen) atoms. The number of rotatable bonds is 3. The predicted octanol–water partition coefficient (Wildman–Crippen LogP) is 2.35. The molecule has 0 atom stereocenters. The highest BCUT2D eigenvalue weighted by Gasteiger charge is 2.26. The van der Waals surface area contributed by atoms with Gasteiger partial charge in [-0.25, -0.2) is 9.18 Å². The van der Waals surface area contributed by atoms with Crippen molar-refractivity contribution in [3.8, 4) is 5.75 Å². The Morgan fingerprint density at radius 1 is 1.53 bits per heavy atom. The number of ketones is 1. The summed E-state index contributed by atoms with van der Waals surface area (Å²) in [7, 11) is 0. The molecule has 0 saturated heterocycles. The average molecular weight is 305 g/mol. The molecule has 4 nitrogen and oxygen atoms in total. The molecule has 0 saturated carbocycles. The highest BCUT2D eigenvalue weighted by molar-refractivity contribution is 9.10. The Morgan fingerprint density at radius 2 is 2.12 bits per heavy atom. The molecule has 1 aromatic rings. The first-order valence-electron chi connectivity index (χ1n) is 4.79. The van der Waals surface area contributed by atoms with Crippen molar-refractivity contribution >= 4 is 27.7 Å². The molecule has 92 valence electrons. The van der Waals surface area contributed by atoms with E-state index < -0.39 is 23.3 Å². The number of halogens is 2. The largest absolute Gasteiger partial charge is 0.504 e. The number of esters is 1. The van der Waals surface area contributed by atoms with Gasteiger partial charge in [0, 0.05) is 4.47 Å². The second-order valence-electron chi connectivity index (χ2n) is 3.24. The molecule has 0 fully saturated rings. The van der Waals surface area contributed by atoms with Crippen LogP contribution in [0.15, 0.2) is 10.5 Å². The van der Waals surface area contributed by atoms with Gasteiger partial charge in [-0.3, -0.25) is 4.79 Å². The third-order valence-corrected chi connectivity index (χ3v) is 2.96. The van der Waals surface area contributed by atoms with Gasteiger partial charge in [0.25, 0.3) is 5.78 Å². The summed E-state index contributed by atoms with van der Waals surface area (Å²) >= 11 is 3.03. The fourth-order valence-electron chi connectivity index (χ4n) is 1.28. The summed E-state index contributed by atoms with van der Waals surface area (Å²) in [5.41, 5.74) is -0.0997. The van der Waals surface area contributed by atoms with Crippen LogP contribution in [0.2, 0.25) is 0 Å². The van der Waals surface area contributed by atoms with Crippen molar-refractivity contribution in [2.75, 3.05) is 6.61 Å². The maximum Gasteiger partial charge on any atom is 0.379 e. The van der Waals surface area contributed by atoms with Crippen LogP contribution in [-0.4, -0.2) is 23.5 Å². The van der Waals surface area contributed by atoms with Crippen molar-refractivity contribution in [1.82, 2.24) is 0 Å². The molecule has 0 aliphatic rings. The first kappa shape index (κ1) is 13.6. The number of Topliss-reactive ketones (excluding diaryl/α,β-unsaturated/α-hetero) is 1. The lowest BCUT2D eigenvalue weighted by atomic mass is 10.0. The monoisotopic (exact) mass is 304 g/mol.